The van der Waals surface area contributed by atoms with E-state index >= 15 is 0 Å². The van der Waals surface area contributed by atoms with Gasteiger partial charge in [0.25, 0.3) is 0 Å². The summed E-state index contributed by atoms with van der Waals surface area (Å²) in [4.78, 5) is 12.3. The van der Waals surface area contributed by atoms with E-state index in [-0.39, 0.29) is 17.6 Å². The van der Waals surface area contributed by atoms with E-state index in [0.717, 1.165) is 51.6 Å². The van der Waals surface area contributed by atoms with Crippen LogP contribution in [0, 0.1) is 5.92 Å². The van der Waals surface area contributed by atoms with Crippen LogP contribution in [-0.2, 0) is 14.3 Å². The maximum Gasteiger partial charge on any atom is 0.223 e. The second kappa shape index (κ2) is 5.77. The van der Waals surface area contributed by atoms with Gasteiger partial charge >= 0.3 is 0 Å². The van der Waals surface area contributed by atoms with E-state index in [1.54, 1.807) is 0 Å². The van der Waals surface area contributed by atoms with Gasteiger partial charge in [-0.15, -0.1) is 0 Å². The number of hydrogen-bond donors (Lipinski definition) is 2. The lowest BCUT2D eigenvalue weighted by molar-refractivity contribution is -0.183. The van der Waals surface area contributed by atoms with Crippen molar-refractivity contribution >= 4 is 5.91 Å². The fourth-order valence-corrected chi connectivity index (χ4v) is 3.39. The molecular formula is C14H24N2O3. The SMILES string of the molecule is O=C(NC1CCNCC1)C1CCC2(CC1)OCCO2. The molecule has 2 N–H and O–H groups in total. The van der Waals surface area contributed by atoms with Gasteiger partial charge in [-0.05, 0) is 38.8 Å². The average molecular weight is 268 g/mol. The van der Waals surface area contributed by atoms with E-state index in [1.807, 2.05) is 0 Å². The van der Waals surface area contributed by atoms with Crippen LogP contribution >= 0.6 is 0 Å². The van der Waals surface area contributed by atoms with E-state index < -0.39 is 0 Å². The first kappa shape index (κ1) is 13.3. The summed E-state index contributed by atoms with van der Waals surface area (Å²) in [6.07, 6.45) is 5.59. The van der Waals surface area contributed by atoms with Crippen molar-refractivity contribution < 1.29 is 14.3 Å². The minimum absolute atomic E-state index is 0.147. The Labute approximate surface area is 114 Å². The lowest BCUT2D eigenvalue weighted by Gasteiger charge is -2.35. The molecule has 1 spiro atoms. The molecule has 0 atom stereocenters. The van der Waals surface area contributed by atoms with Crippen LogP contribution in [-0.4, -0.2) is 44.0 Å². The minimum Gasteiger partial charge on any atom is -0.353 e. The molecule has 0 bridgehead atoms. The normalized spacial score (nSPS) is 28.6. The summed E-state index contributed by atoms with van der Waals surface area (Å²) in [5, 5.41) is 6.52. The standard InChI is InChI=1S/C14H24N2O3/c17-13(16-12-3-7-15-8-4-12)11-1-5-14(6-2-11)18-9-10-19-14/h11-12,15H,1-10H2,(H,16,17). The van der Waals surface area contributed by atoms with Crippen LogP contribution in [0.2, 0.25) is 0 Å². The first-order chi connectivity index (χ1) is 9.27. The molecule has 1 amide bonds. The Morgan fingerprint density at radius 2 is 1.68 bits per heavy atom. The van der Waals surface area contributed by atoms with E-state index in [4.69, 9.17) is 9.47 Å². The van der Waals surface area contributed by atoms with Crippen molar-refractivity contribution in [1.82, 2.24) is 10.6 Å². The maximum atomic E-state index is 12.3. The largest absolute Gasteiger partial charge is 0.353 e. The van der Waals surface area contributed by atoms with Crippen molar-refractivity contribution in [3.8, 4) is 0 Å². The molecule has 0 aromatic heterocycles. The second-order valence-corrected chi connectivity index (χ2v) is 5.91. The summed E-state index contributed by atoms with van der Waals surface area (Å²) in [5.41, 5.74) is 0. The highest BCUT2D eigenvalue weighted by Crippen LogP contribution is 2.38. The molecule has 19 heavy (non-hydrogen) atoms. The van der Waals surface area contributed by atoms with Crippen LogP contribution in [0.4, 0.5) is 0 Å². The van der Waals surface area contributed by atoms with E-state index in [1.165, 1.54) is 0 Å². The van der Waals surface area contributed by atoms with Crippen LogP contribution in [0.25, 0.3) is 0 Å². The van der Waals surface area contributed by atoms with Crippen molar-refractivity contribution in [3.63, 3.8) is 0 Å². The van der Waals surface area contributed by atoms with Gasteiger partial charge in [-0.3, -0.25) is 4.79 Å². The number of piperidine rings is 1. The number of hydrogen-bond acceptors (Lipinski definition) is 4. The predicted octanol–water partition coefficient (Wildman–Crippen LogP) is 0.788. The lowest BCUT2D eigenvalue weighted by atomic mass is 9.84. The van der Waals surface area contributed by atoms with Crippen molar-refractivity contribution in [2.75, 3.05) is 26.3 Å². The van der Waals surface area contributed by atoms with Gasteiger partial charge in [-0.25, -0.2) is 0 Å². The number of ether oxygens (including phenoxy) is 2. The Balaban J connectivity index is 1.46. The quantitative estimate of drug-likeness (QED) is 0.777. The Bertz CT molecular complexity index is 313. The van der Waals surface area contributed by atoms with Gasteiger partial charge in [0.1, 0.15) is 0 Å². The van der Waals surface area contributed by atoms with Gasteiger partial charge in [0.15, 0.2) is 5.79 Å². The molecule has 0 aromatic rings. The molecule has 3 fully saturated rings. The van der Waals surface area contributed by atoms with Gasteiger partial charge in [-0.2, -0.15) is 0 Å². The minimum atomic E-state index is -0.356. The summed E-state index contributed by atoms with van der Waals surface area (Å²) in [7, 11) is 0. The van der Waals surface area contributed by atoms with Crippen molar-refractivity contribution in [2.45, 2.75) is 50.4 Å². The number of amides is 1. The molecular weight excluding hydrogens is 244 g/mol. The smallest absolute Gasteiger partial charge is 0.223 e. The lowest BCUT2D eigenvalue weighted by Crippen LogP contribution is -2.46. The first-order valence-electron chi connectivity index (χ1n) is 7.56. The predicted molar refractivity (Wildman–Crippen MR) is 70.6 cm³/mol. The third kappa shape index (κ3) is 3.09. The highest BCUT2D eigenvalue weighted by molar-refractivity contribution is 5.79. The molecule has 3 aliphatic rings. The average Bonchev–Trinajstić information content (AvgIpc) is 2.89. The summed E-state index contributed by atoms with van der Waals surface area (Å²) in [6.45, 7) is 3.43. The van der Waals surface area contributed by atoms with E-state index in [9.17, 15) is 4.79 Å². The zero-order valence-corrected chi connectivity index (χ0v) is 11.5. The van der Waals surface area contributed by atoms with Crippen molar-refractivity contribution in [1.29, 1.82) is 0 Å². The van der Waals surface area contributed by atoms with Crippen molar-refractivity contribution in [3.05, 3.63) is 0 Å². The molecule has 1 saturated carbocycles. The van der Waals surface area contributed by atoms with Gasteiger partial charge in [-0.1, -0.05) is 0 Å². The van der Waals surface area contributed by atoms with Gasteiger partial charge in [0.05, 0.1) is 13.2 Å². The molecule has 5 nitrogen and oxygen atoms in total. The summed E-state index contributed by atoms with van der Waals surface area (Å²) < 4.78 is 11.4. The maximum absolute atomic E-state index is 12.3. The first-order valence-corrected chi connectivity index (χ1v) is 7.56. The van der Waals surface area contributed by atoms with Gasteiger partial charge in [0.2, 0.25) is 5.91 Å². The molecule has 1 aliphatic carbocycles. The molecule has 2 saturated heterocycles. The Hall–Kier alpha value is -0.650. The summed E-state index contributed by atoms with van der Waals surface area (Å²) in [5.74, 6) is 0.0268. The monoisotopic (exact) mass is 268 g/mol. The third-order valence-electron chi connectivity index (χ3n) is 4.62. The van der Waals surface area contributed by atoms with Crippen LogP contribution in [0.5, 0.6) is 0 Å². The highest BCUT2D eigenvalue weighted by atomic mass is 16.7. The van der Waals surface area contributed by atoms with Crippen LogP contribution in [0.1, 0.15) is 38.5 Å². The number of carbonyl (C=O) groups excluding carboxylic acids is 1. The Morgan fingerprint density at radius 1 is 1.05 bits per heavy atom. The zero-order valence-electron chi connectivity index (χ0n) is 11.5. The zero-order chi connectivity index (χ0) is 13.1. The van der Waals surface area contributed by atoms with E-state index in [0.29, 0.717) is 19.3 Å². The number of nitrogens with one attached hydrogen (secondary N) is 2. The summed E-state index contributed by atoms with van der Waals surface area (Å²) in [6, 6.07) is 0.364. The summed E-state index contributed by atoms with van der Waals surface area (Å²) >= 11 is 0. The van der Waals surface area contributed by atoms with Gasteiger partial charge in [0, 0.05) is 24.8 Å². The fourth-order valence-electron chi connectivity index (χ4n) is 3.39. The van der Waals surface area contributed by atoms with Gasteiger partial charge < -0.3 is 20.1 Å². The topological polar surface area (TPSA) is 59.6 Å². The molecule has 2 heterocycles. The van der Waals surface area contributed by atoms with Crippen LogP contribution in [0.15, 0.2) is 0 Å². The molecule has 0 unspecified atom stereocenters. The molecule has 5 heteroatoms. The Morgan fingerprint density at radius 3 is 2.32 bits per heavy atom. The fraction of sp³-hybridized carbons (Fsp3) is 0.929. The number of rotatable bonds is 2. The molecule has 2 aliphatic heterocycles. The van der Waals surface area contributed by atoms with E-state index in [2.05, 4.69) is 10.6 Å². The highest BCUT2D eigenvalue weighted by Gasteiger charge is 2.42. The third-order valence-corrected chi connectivity index (χ3v) is 4.62. The molecule has 108 valence electrons. The van der Waals surface area contributed by atoms with Crippen molar-refractivity contribution in [2.24, 2.45) is 5.92 Å². The number of carbonyl (C=O) groups is 1. The molecule has 3 rings (SSSR count). The van der Waals surface area contributed by atoms with Crippen LogP contribution in [0.3, 0.4) is 0 Å². The Kier molecular flexibility index (Phi) is 4.05. The second-order valence-electron chi connectivity index (χ2n) is 5.91. The molecule has 0 aromatic carbocycles. The van der Waals surface area contributed by atoms with Crippen LogP contribution < -0.4 is 10.6 Å². The molecule has 0 radical (unpaired) electrons.